The molecule has 0 bridgehead atoms. The Hall–Kier alpha value is -0.0800. The summed E-state index contributed by atoms with van der Waals surface area (Å²) in [6, 6.07) is 1.50. The van der Waals surface area contributed by atoms with Crippen LogP contribution in [-0.4, -0.2) is 22.8 Å². The van der Waals surface area contributed by atoms with Gasteiger partial charge in [0.1, 0.15) is 0 Å². The van der Waals surface area contributed by atoms with Crippen molar-refractivity contribution in [2.45, 2.75) is 128 Å². The monoisotopic (exact) mass is 387 g/mol. The van der Waals surface area contributed by atoms with Gasteiger partial charge in [0.25, 0.3) is 0 Å². The van der Waals surface area contributed by atoms with Gasteiger partial charge >= 0.3 is 0 Å². The SMILES string of the molecule is C[C@@]1(O)CC[C@@]2(C)[C@@H](CC[C@@H]3[C@@H]2[C@H](NC2CCCCC2)C[C@]2(C)CCC[C@@H]32)C1. The van der Waals surface area contributed by atoms with Crippen LogP contribution >= 0.6 is 0 Å². The fourth-order valence-corrected chi connectivity index (χ4v) is 9.36. The highest BCUT2D eigenvalue weighted by Crippen LogP contribution is 2.66. The molecule has 0 amide bonds. The quantitative estimate of drug-likeness (QED) is 0.602. The Balaban J connectivity index is 1.46. The molecule has 28 heavy (non-hydrogen) atoms. The Morgan fingerprint density at radius 1 is 0.786 bits per heavy atom. The van der Waals surface area contributed by atoms with Gasteiger partial charge in [-0.05, 0) is 106 Å². The predicted octanol–water partition coefficient (Wildman–Crippen LogP) is 6.07. The molecular formula is C26H45NO. The number of nitrogens with one attached hydrogen (secondary N) is 1. The second kappa shape index (κ2) is 6.98. The van der Waals surface area contributed by atoms with Crippen molar-refractivity contribution in [1.82, 2.24) is 5.32 Å². The molecule has 0 aromatic rings. The molecule has 0 aromatic heterocycles. The van der Waals surface area contributed by atoms with E-state index < -0.39 is 5.60 Å². The van der Waals surface area contributed by atoms with Crippen molar-refractivity contribution in [2.75, 3.05) is 0 Å². The molecule has 5 aliphatic rings. The Labute approximate surface area is 173 Å². The molecule has 0 aliphatic heterocycles. The van der Waals surface area contributed by atoms with Gasteiger partial charge in [-0.25, -0.2) is 0 Å². The van der Waals surface area contributed by atoms with E-state index in [1.807, 2.05) is 0 Å². The van der Waals surface area contributed by atoms with Crippen molar-refractivity contribution in [3.8, 4) is 0 Å². The first-order chi connectivity index (χ1) is 13.3. The lowest BCUT2D eigenvalue weighted by atomic mass is 9.43. The van der Waals surface area contributed by atoms with E-state index >= 15 is 0 Å². The minimum absolute atomic E-state index is 0.417. The van der Waals surface area contributed by atoms with Gasteiger partial charge in [-0.2, -0.15) is 0 Å². The van der Waals surface area contributed by atoms with Gasteiger partial charge in [-0.1, -0.05) is 39.5 Å². The van der Waals surface area contributed by atoms with E-state index in [2.05, 4.69) is 26.1 Å². The molecule has 0 spiro atoms. The first-order valence-corrected chi connectivity index (χ1v) is 12.8. The summed E-state index contributed by atoms with van der Waals surface area (Å²) < 4.78 is 0. The van der Waals surface area contributed by atoms with Crippen LogP contribution in [-0.2, 0) is 0 Å². The van der Waals surface area contributed by atoms with Crippen molar-refractivity contribution in [2.24, 2.45) is 34.5 Å². The normalized spacial score (nSPS) is 54.6. The maximum absolute atomic E-state index is 10.8. The van der Waals surface area contributed by atoms with Crippen LogP contribution in [0, 0.1) is 34.5 Å². The zero-order valence-corrected chi connectivity index (χ0v) is 18.8. The Bertz CT molecular complexity index is 581. The van der Waals surface area contributed by atoms with Crippen molar-refractivity contribution >= 4 is 0 Å². The molecule has 2 nitrogen and oxygen atoms in total. The highest BCUT2D eigenvalue weighted by molar-refractivity contribution is 5.13. The molecule has 0 aromatic carbocycles. The van der Waals surface area contributed by atoms with Gasteiger partial charge in [0.05, 0.1) is 5.60 Å². The highest BCUT2D eigenvalue weighted by Gasteiger charge is 2.61. The van der Waals surface area contributed by atoms with E-state index in [4.69, 9.17) is 0 Å². The summed E-state index contributed by atoms with van der Waals surface area (Å²) in [6.07, 6.45) is 19.1. The lowest BCUT2D eigenvalue weighted by Gasteiger charge is -2.64. The zero-order valence-electron chi connectivity index (χ0n) is 18.8. The van der Waals surface area contributed by atoms with Crippen molar-refractivity contribution in [3.05, 3.63) is 0 Å². The molecule has 0 unspecified atom stereocenters. The van der Waals surface area contributed by atoms with Gasteiger partial charge in [0, 0.05) is 12.1 Å². The average molecular weight is 388 g/mol. The minimum atomic E-state index is -0.417. The smallest absolute Gasteiger partial charge is 0.0622 e. The maximum atomic E-state index is 10.8. The number of fused-ring (bicyclic) bond motifs is 5. The topological polar surface area (TPSA) is 32.3 Å². The Morgan fingerprint density at radius 2 is 1.57 bits per heavy atom. The van der Waals surface area contributed by atoms with Crippen LogP contribution in [0.5, 0.6) is 0 Å². The molecule has 0 heterocycles. The van der Waals surface area contributed by atoms with Crippen molar-refractivity contribution in [3.63, 3.8) is 0 Å². The number of rotatable bonds is 2. The fraction of sp³-hybridized carbons (Fsp3) is 1.00. The highest BCUT2D eigenvalue weighted by atomic mass is 16.3. The third kappa shape index (κ3) is 3.20. The summed E-state index contributed by atoms with van der Waals surface area (Å²) in [7, 11) is 0. The average Bonchev–Trinajstić information content (AvgIpc) is 3.04. The predicted molar refractivity (Wildman–Crippen MR) is 116 cm³/mol. The molecular weight excluding hydrogens is 342 g/mol. The van der Waals surface area contributed by atoms with Crippen LogP contribution in [0.1, 0.15) is 111 Å². The van der Waals surface area contributed by atoms with Crippen LogP contribution in [0.3, 0.4) is 0 Å². The summed E-state index contributed by atoms with van der Waals surface area (Å²) in [5.41, 5.74) is 0.623. The van der Waals surface area contributed by atoms with Crippen LogP contribution in [0.15, 0.2) is 0 Å². The van der Waals surface area contributed by atoms with Crippen LogP contribution in [0.25, 0.3) is 0 Å². The second-order valence-corrected chi connectivity index (χ2v) is 12.6. The Morgan fingerprint density at radius 3 is 2.36 bits per heavy atom. The van der Waals surface area contributed by atoms with Gasteiger partial charge < -0.3 is 10.4 Å². The van der Waals surface area contributed by atoms with E-state index in [-0.39, 0.29) is 0 Å². The van der Waals surface area contributed by atoms with Crippen LogP contribution in [0.2, 0.25) is 0 Å². The fourth-order valence-electron chi connectivity index (χ4n) is 9.36. The summed E-state index contributed by atoms with van der Waals surface area (Å²) >= 11 is 0. The van der Waals surface area contributed by atoms with E-state index in [0.717, 1.165) is 48.6 Å². The lowest BCUT2D eigenvalue weighted by molar-refractivity contribution is -0.154. The van der Waals surface area contributed by atoms with E-state index in [9.17, 15) is 5.11 Å². The van der Waals surface area contributed by atoms with E-state index in [1.54, 1.807) is 0 Å². The standard InChI is InChI=1S/C26H45NO/c1-24-13-7-10-21(24)20-12-11-18-16-25(2,28)14-15-26(18,3)23(20)22(17-24)27-19-8-5-4-6-9-19/h18-23,27-28H,4-17H2,1-3H3/t18-,20-,21-,22+,23+,24-,25+,26-/m0/s1. The molecule has 5 fully saturated rings. The Kier molecular flexibility index (Phi) is 4.95. The first kappa shape index (κ1) is 19.9. The third-order valence-corrected chi connectivity index (χ3v) is 10.7. The van der Waals surface area contributed by atoms with Crippen molar-refractivity contribution in [1.29, 1.82) is 0 Å². The van der Waals surface area contributed by atoms with Crippen molar-refractivity contribution < 1.29 is 5.11 Å². The van der Waals surface area contributed by atoms with Gasteiger partial charge in [-0.15, -0.1) is 0 Å². The molecule has 0 saturated heterocycles. The summed E-state index contributed by atoms with van der Waals surface area (Å²) in [4.78, 5) is 0. The third-order valence-electron chi connectivity index (χ3n) is 10.7. The molecule has 2 N–H and O–H groups in total. The molecule has 5 aliphatic carbocycles. The van der Waals surface area contributed by atoms with Crippen LogP contribution in [0.4, 0.5) is 0 Å². The maximum Gasteiger partial charge on any atom is 0.0622 e. The molecule has 2 heteroatoms. The number of aliphatic hydroxyl groups is 1. The van der Waals surface area contributed by atoms with Gasteiger partial charge in [0.15, 0.2) is 0 Å². The molecule has 8 atom stereocenters. The number of hydrogen-bond acceptors (Lipinski definition) is 2. The summed E-state index contributed by atoms with van der Waals surface area (Å²) in [6.45, 7) is 7.40. The van der Waals surface area contributed by atoms with Crippen LogP contribution < -0.4 is 5.32 Å². The second-order valence-electron chi connectivity index (χ2n) is 12.6. The van der Waals surface area contributed by atoms with E-state index in [0.29, 0.717) is 10.8 Å². The molecule has 160 valence electrons. The van der Waals surface area contributed by atoms with E-state index in [1.165, 1.54) is 77.0 Å². The molecule has 5 saturated carbocycles. The number of hydrogen-bond donors (Lipinski definition) is 2. The molecule has 0 radical (unpaired) electrons. The first-order valence-electron chi connectivity index (χ1n) is 12.8. The molecule has 5 rings (SSSR count). The lowest BCUT2D eigenvalue weighted by Crippen LogP contribution is -2.63. The van der Waals surface area contributed by atoms with Gasteiger partial charge in [0.2, 0.25) is 0 Å². The minimum Gasteiger partial charge on any atom is -0.390 e. The zero-order chi connectivity index (χ0) is 19.6. The van der Waals surface area contributed by atoms with Gasteiger partial charge in [-0.3, -0.25) is 0 Å². The summed E-state index contributed by atoms with van der Waals surface area (Å²) in [5, 5.41) is 15.1. The summed E-state index contributed by atoms with van der Waals surface area (Å²) in [5.74, 6) is 3.49. The largest absolute Gasteiger partial charge is 0.390 e.